The zero-order chi connectivity index (χ0) is 22.9. The fraction of sp³-hybridized carbons (Fsp3) is 0.440. The molecule has 1 aliphatic heterocycles. The lowest BCUT2D eigenvalue weighted by molar-refractivity contribution is -0.136. The number of piperazine rings is 1. The van der Waals surface area contributed by atoms with Crippen LogP contribution in [0.4, 0.5) is 5.69 Å². The van der Waals surface area contributed by atoms with E-state index in [0.717, 1.165) is 26.1 Å². The van der Waals surface area contributed by atoms with Gasteiger partial charge in [-0.25, -0.2) is 0 Å². The van der Waals surface area contributed by atoms with Gasteiger partial charge in [-0.3, -0.25) is 14.5 Å². The smallest absolute Gasteiger partial charge is 0.244 e. The fourth-order valence-electron chi connectivity index (χ4n) is 4.08. The summed E-state index contributed by atoms with van der Waals surface area (Å²) in [6.07, 6.45) is 0.790. The Bertz CT molecular complexity index is 890. The van der Waals surface area contributed by atoms with Gasteiger partial charge in [0.2, 0.25) is 11.8 Å². The van der Waals surface area contributed by atoms with Gasteiger partial charge >= 0.3 is 0 Å². The largest absolute Gasteiger partial charge is 0.495 e. The number of anilines is 1. The molecule has 0 saturated carbocycles. The number of rotatable bonds is 9. The van der Waals surface area contributed by atoms with Gasteiger partial charge in [-0.1, -0.05) is 49.4 Å². The SMILES string of the molecule is CCCN(CC(=O)Nc1ccccc1OC)C(=O)CN1CCN(C)CC1c1ccccc1. The van der Waals surface area contributed by atoms with Crippen molar-refractivity contribution in [3.8, 4) is 5.75 Å². The molecule has 2 aromatic rings. The number of nitrogens with one attached hydrogen (secondary N) is 1. The molecule has 2 amide bonds. The molecule has 0 spiro atoms. The van der Waals surface area contributed by atoms with Crippen molar-refractivity contribution in [3.05, 3.63) is 60.2 Å². The average molecular weight is 439 g/mol. The predicted octanol–water partition coefficient (Wildman–Crippen LogP) is 2.86. The van der Waals surface area contributed by atoms with Crippen LogP contribution < -0.4 is 10.1 Å². The summed E-state index contributed by atoms with van der Waals surface area (Å²) < 4.78 is 5.30. The summed E-state index contributed by atoms with van der Waals surface area (Å²) in [4.78, 5) is 32.1. The van der Waals surface area contributed by atoms with Crippen molar-refractivity contribution in [1.29, 1.82) is 0 Å². The van der Waals surface area contributed by atoms with Gasteiger partial charge in [0.1, 0.15) is 5.75 Å². The number of carbonyl (C=O) groups excluding carboxylic acids is 2. The van der Waals surface area contributed by atoms with Gasteiger partial charge in [0, 0.05) is 32.2 Å². The zero-order valence-corrected chi connectivity index (χ0v) is 19.3. The summed E-state index contributed by atoms with van der Waals surface area (Å²) in [6.45, 7) is 5.49. The van der Waals surface area contributed by atoms with Crippen LogP contribution in [0.1, 0.15) is 24.9 Å². The zero-order valence-electron chi connectivity index (χ0n) is 19.3. The number of ether oxygens (including phenoxy) is 1. The topological polar surface area (TPSA) is 65.1 Å². The summed E-state index contributed by atoms with van der Waals surface area (Å²) in [5.41, 5.74) is 1.81. The average Bonchev–Trinajstić information content (AvgIpc) is 2.80. The summed E-state index contributed by atoms with van der Waals surface area (Å²) in [5, 5.41) is 2.87. The molecule has 2 aromatic carbocycles. The van der Waals surface area contributed by atoms with Crippen LogP contribution >= 0.6 is 0 Å². The summed E-state index contributed by atoms with van der Waals surface area (Å²) in [6, 6.07) is 17.7. The fourth-order valence-corrected chi connectivity index (χ4v) is 4.08. The Hall–Kier alpha value is -2.90. The van der Waals surface area contributed by atoms with Crippen molar-refractivity contribution >= 4 is 17.5 Å². The second-order valence-corrected chi connectivity index (χ2v) is 8.22. The van der Waals surface area contributed by atoms with Crippen LogP contribution in [0.3, 0.4) is 0 Å². The first-order valence-corrected chi connectivity index (χ1v) is 11.2. The van der Waals surface area contributed by atoms with Crippen LogP contribution in [0.2, 0.25) is 0 Å². The molecule has 172 valence electrons. The van der Waals surface area contributed by atoms with E-state index in [1.165, 1.54) is 5.56 Å². The third-order valence-electron chi connectivity index (χ3n) is 5.78. The summed E-state index contributed by atoms with van der Waals surface area (Å²) in [7, 11) is 3.68. The minimum Gasteiger partial charge on any atom is -0.495 e. The molecule has 1 heterocycles. The van der Waals surface area contributed by atoms with E-state index in [1.54, 1.807) is 24.1 Å². The summed E-state index contributed by atoms with van der Waals surface area (Å²) in [5.74, 6) is 0.346. The molecule has 1 saturated heterocycles. The second kappa shape index (κ2) is 11.6. The van der Waals surface area contributed by atoms with E-state index < -0.39 is 0 Å². The third-order valence-corrected chi connectivity index (χ3v) is 5.78. The molecule has 7 nitrogen and oxygen atoms in total. The van der Waals surface area contributed by atoms with Crippen LogP contribution in [-0.4, -0.2) is 79.9 Å². The van der Waals surface area contributed by atoms with Gasteiger partial charge in [-0.05, 0) is 31.2 Å². The van der Waals surface area contributed by atoms with Gasteiger partial charge in [0.25, 0.3) is 0 Å². The van der Waals surface area contributed by atoms with Crippen LogP contribution in [0.15, 0.2) is 54.6 Å². The molecule has 32 heavy (non-hydrogen) atoms. The Labute approximate surface area is 190 Å². The predicted molar refractivity (Wildman–Crippen MR) is 127 cm³/mol. The highest BCUT2D eigenvalue weighted by molar-refractivity contribution is 5.95. The van der Waals surface area contributed by atoms with E-state index >= 15 is 0 Å². The maximum Gasteiger partial charge on any atom is 0.244 e. The Morgan fingerprint density at radius 3 is 2.53 bits per heavy atom. The Balaban J connectivity index is 1.66. The van der Waals surface area contributed by atoms with Gasteiger partial charge in [0.15, 0.2) is 0 Å². The van der Waals surface area contributed by atoms with Crippen molar-refractivity contribution in [3.63, 3.8) is 0 Å². The number of para-hydroxylation sites is 2. The number of likely N-dealkylation sites (N-methyl/N-ethyl adjacent to an activating group) is 1. The maximum absolute atomic E-state index is 13.2. The van der Waals surface area contributed by atoms with Crippen LogP contribution in [0, 0.1) is 0 Å². The quantitative estimate of drug-likeness (QED) is 0.652. The van der Waals surface area contributed by atoms with E-state index in [4.69, 9.17) is 4.74 Å². The molecular weight excluding hydrogens is 404 g/mol. The van der Waals surface area contributed by atoms with E-state index in [9.17, 15) is 9.59 Å². The second-order valence-electron chi connectivity index (χ2n) is 8.22. The van der Waals surface area contributed by atoms with Gasteiger partial charge < -0.3 is 19.9 Å². The van der Waals surface area contributed by atoms with E-state index in [0.29, 0.717) is 24.5 Å². The molecule has 0 aromatic heterocycles. The van der Waals surface area contributed by atoms with Gasteiger partial charge in [0.05, 0.1) is 25.9 Å². The van der Waals surface area contributed by atoms with E-state index in [1.807, 2.05) is 37.3 Å². The van der Waals surface area contributed by atoms with Crippen LogP contribution in [-0.2, 0) is 9.59 Å². The minimum atomic E-state index is -0.228. The highest BCUT2D eigenvalue weighted by Crippen LogP contribution is 2.25. The lowest BCUT2D eigenvalue weighted by Crippen LogP contribution is -2.51. The molecule has 1 atom stereocenters. The minimum absolute atomic E-state index is 0.0208. The first kappa shape index (κ1) is 23.8. The van der Waals surface area contributed by atoms with Crippen molar-refractivity contribution in [2.24, 2.45) is 0 Å². The third kappa shape index (κ3) is 6.31. The Morgan fingerprint density at radius 1 is 1.09 bits per heavy atom. The monoisotopic (exact) mass is 438 g/mol. The standard InChI is InChI=1S/C25H34N4O3/c1-4-14-29(18-24(30)26-21-12-8-9-13-23(21)32-3)25(31)19-28-16-15-27(2)17-22(28)20-10-6-5-7-11-20/h5-13,22H,4,14-19H2,1-3H3,(H,26,30). The van der Waals surface area contributed by atoms with Crippen molar-refractivity contribution in [2.45, 2.75) is 19.4 Å². The first-order chi connectivity index (χ1) is 15.5. The number of methoxy groups -OCH3 is 1. The van der Waals surface area contributed by atoms with E-state index in [2.05, 4.69) is 34.3 Å². The number of nitrogens with zero attached hydrogens (tertiary/aromatic N) is 3. The van der Waals surface area contributed by atoms with Crippen molar-refractivity contribution in [1.82, 2.24) is 14.7 Å². The lowest BCUT2D eigenvalue weighted by atomic mass is 10.0. The van der Waals surface area contributed by atoms with Crippen molar-refractivity contribution < 1.29 is 14.3 Å². The molecule has 0 radical (unpaired) electrons. The first-order valence-electron chi connectivity index (χ1n) is 11.2. The van der Waals surface area contributed by atoms with Crippen molar-refractivity contribution in [2.75, 3.05) is 58.7 Å². The number of benzene rings is 2. The number of hydrogen-bond donors (Lipinski definition) is 1. The number of carbonyl (C=O) groups is 2. The highest BCUT2D eigenvalue weighted by Gasteiger charge is 2.29. The lowest BCUT2D eigenvalue weighted by Gasteiger charge is -2.40. The molecule has 0 bridgehead atoms. The molecule has 3 rings (SSSR count). The molecule has 1 fully saturated rings. The molecular formula is C25H34N4O3. The number of hydrogen-bond acceptors (Lipinski definition) is 5. The Morgan fingerprint density at radius 2 is 1.81 bits per heavy atom. The maximum atomic E-state index is 13.2. The highest BCUT2D eigenvalue weighted by atomic mass is 16.5. The van der Waals surface area contributed by atoms with E-state index in [-0.39, 0.29) is 24.4 Å². The number of amides is 2. The van der Waals surface area contributed by atoms with Gasteiger partial charge in [-0.2, -0.15) is 0 Å². The molecule has 7 heteroatoms. The molecule has 1 unspecified atom stereocenters. The normalized spacial score (nSPS) is 17.0. The van der Waals surface area contributed by atoms with Gasteiger partial charge in [-0.15, -0.1) is 0 Å². The molecule has 1 N–H and O–H groups in total. The molecule has 0 aliphatic carbocycles. The molecule has 1 aliphatic rings. The Kier molecular flexibility index (Phi) is 8.64. The summed E-state index contributed by atoms with van der Waals surface area (Å²) >= 11 is 0. The van der Waals surface area contributed by atoms with Crippen LogP contribution in [0.25, 0.3) is 0 Å². The van der Waals surface area contributed by atoms with Crippen LogP contribution in [0.5, 0.6) is 5.75 Å².